The van der Waals surface area contributed by atoms with Gasteiger partial charge in [-0.25, -0.2) is 4.39 Å². The van der Waals surface area contributed by atoms with Gasteiger partial charge in [0, 0.05) is 23.8 Å². The lowest BCUT2D eigenvalue weighted by molar-refractivity contribution is 0.169. The molecule has 3 rings (SSSR count). The van der Waals surface area contributed by atoms with Gasteiger partial charge in [-0.05, 0) is 57.4 Å². The maximum Gasteiger partial charge on any atom is 0.128 e. The highest BCUT2D eigenvalue weighted by Crippen LogP contribution is 2.35. The largest absolute Gasteiger partial charge is 0.382 e. The number of rotatable bonds is 2. The van der Waals surface area contributed by atoms with E-state index in [9.17, 15) is 4.39 Å². The zero-order valence-corrected chi connectivity index (χ0v) is 11.1. The molecule has 2 unspecified atom stereocenters. The van der Waals surface area contributed by atoms with Crippen molar-refractivity contribution in [3.8, 4) is 0 Å². The molecule has 0 radical (unpaired) electrons. The molecular weight excluding hydrogens is 227 g/mol. The first-order chi connectivity index (χ1) is 8.63. The zero-order chi connectivity index (χ0) is 12.7. The lowest BCUT2D eigenvalue weighted by atomic mass is 9.97. The van der Waals surface area contributed by atoms with E-state index in [-0.39, 0.29) is 5.82 Å². The molecule has 2 saturated heterocycles. The molecule has 2 bridgehead atoms. The van der Waals surface area contributed by atoms with Crippen LogP contribution in [0.2, 0.25) is 0 Å². The van der Waals surface area contributed by atoms with Crippen molar-refractivity contribution in [2.45, 2.75) is 50.7 Å². The van der Waals surface area contributed by atoms with Crippen LogP contribution < -0.4 is 5.32 Å². The van der Waals surface area contributed by atoms with Crippen LogP contribution in [0.5, 0.6) is 0 Å². The highest BCUT2D eigenvalue weighted by molar-refractivity contribution is 5.46. The van der Waals surface area contributed by atoms with Crippen LogP contribution in [0.3, 0.4) is 0 Å². The SMILES string of the molecule is Cc1ccc(NC2CC3CCC(C2)N3C)cc1F. The fraction of sp³-hybridized carbons (Fsp3) is 0.600. The van der Waals surface area contributed by atoms with E-state index in [1.807, 2.05) is 12.1 Å². The molecule has 2 fully saturated rings. The summed E-state index contributed by atoms with van der Waals surface area (Å²) in [5, 5.41) is 3.50. The molecule has 2 heterocycles. The normalized spacial score (nSPS) is 31.6. The minimum Gasteiger partial charge on any atom is -0.382 e. The number of hydrogen-bond acceptors (Lipinski definition) is 2. The van der Waals surface area contributed by atoms with Crippen molar-refractivity contribution >= 4 is 5.69 Å². The van der Waals surface area contributed by atoms with Gasteiger partial charge in [0.25, 0.3) is 0 Å². The number of halogens is 1. The smallest absolute Gasteiger partial charge is 0.128 e. The highest BCUT2D eigenvalue weighted by Gasteiger charge is 2.38. The molecule has 2 aliphatic rings. The van der Waals surface area contributed by atoms with Crippen LogP contribution in [-0.4, -0.2) is 30.1 Å². The van der Waals surface area contributed by atoms with E-state index < -0.39 is 0 Å². The van der Waals surface area contributed by atoms with E-state index in [1.54, 1.807) is 13.0 Å². The summed E-state index contributed by atoms with van der Waals surface area (Å²) in [5.41, 5.74) is 1.64. The van der Waals surface area contributed by atoms with E-state index in [1.165, 1.54) is 25.7 Å². The van der Waals surface area contributed by atoms with Crippen molar-refractivity contribution in [1.82, 2.24) is 4.90 Å². The predicted molar refractivity (Wildman–Crippen MR) is 72.4 cm³/mol. The Bertz CT molecular complexity index is 432. The summed E-state index contributed by atoms with van der Waals surface area (Å²) in [4.78, 5) is 2.52. The van der Waals surface area contributed by atoms with Gasteiger partial charge in [0.15, 0.2) is 0 Å². The first-order valence-corrected chi connectivity index (χ1v) is 6.88. The van der Waals surface area contributed by atoms with Gasteiger partial charge >= 0.3 is 0 Å². The predicted octanol–water partition coefficient (Wildman–Crippen LogP) is 3.17. The second kappa shape index (κ2) is 4.54. The Balaban J connectivity index is 1.68. The molecule has 0 aromatic heterocycles. The molecule has 0 amide bonds. The van der Waals surface area contributed by atoms with Crippen LogP contribution in [0, 0.1) is 12.7 Å². The summed E-state index contributed by atoms with van der Waals surface area (Å²) in [7, 11) is 2.24. The third kappa shape index (κ3) is 2.12. The van der Waals surface area contributed by atoms with Crippen LogP contribution in [-0.2, 0) is 0 Å². The molecule has 1 N–H and O–H groups in total. The summed E-state index contributed by atoms with van der Waals surface area (Å²) in [6, 6.07) is 7.39. The van der Waals surface area contributed by atoms with E-state index >= 15 is 0 Å². The molecule has 2 atom stereocenters. The Hall–Kier alpha value is -1.09. The van der Waals surface area contributed by atoms with Gasteiger partial charge in [0.1, 0.15) is 5.82 Å². The summed E-state index contributed by atoms with van der Waals surface area (Å²) in [6.07, 6.45) is 5.01. The molecule has 2 nitrogen and oxygen atoms in total. The summed E-state index contributed by atoms with van der Waals surface area (Å²) in [5.74, 6) is -0.115. The zero-order valence-electron chi connectivity index (χ0n) is 11.1. The number of nitrogens with one attached hydrogen (secondary N) is 1. The Kier molecular flexibility index (Phi) is 3.02. The molecular formula is C15H21FN2. The van der Waals surface area contributed by atoms with Gasteiger partial charge in [0.05, 0.1) is 0 Å². The summed E-state index contributed by atoms with van der Waals surface area (Å²) < 4.78 is 13.5. The standard InChI is InChI=1S/C15H21FN2/c1-10-3-4-11(9-15(10)16)17-12-7-13-5-6-14(8-12)18(13)2/h3-4,9,12-14,17H,5-8H2,1-2H3. The van der Waals surface area contributed by atoms with Crippen molar-refractivity contribution in [3.05, 3.63) is 29.6 Å². The fourth-order valence-corrected chi connectivity index (χ4v) is 3.45. The first kappa shape index (κ1) is 12.0. The summed E-state index contributed by atoms with van der Waals surface area (Å²) >= 11 is 0. The third-order valence-corrected chi connectivity index (χ3v) is 4.64. The molecule has 2 aliphatic heterocycles. The quantitative estimate of drug-likeness (QED) is 0.864. The molecule has 18 heavy (non-hydrogen) atoms. The average Bonchev–Trinajstić information content (AvgIpc) is 2.58. The number of nitrogens with zero attached hydrogens (tertiary/aromatic N) is 1. The van der Waals surface area contributed by atoms with Gasteiger partial charge in [0.2, 0.25) is 0 Å². The second-order valence-corrected chi connectivity index (χ2v) is 5.83. The molecule has 98 valence electrons. The van der Waals surface area contributed by atoms with E-state index in [0.717, 1.165) is 17.8 Å². The fourth-order valence-electron chi connectivity index (χ4n) is 3.45. The number of benzene rings is 1. The van der Waals surface area contributed by atoms with Crippen LogP contribution in [0.4, 0.5) is 10.1 Å². The van der Waals surface area contributed by atoms with Crippen molar-refractivity contribution in [3.63, 3.8) is 0 Å². The maximum atomic E-state index is 13.5. The molecule has 3 heteroatoms. The molecule has 1 aromatic rings. The van der Waals surface area contributed by atoms with Crippen molar-refractivity contribution in [1.29, 1.82) is 0 Å². The topological polar surface area (TPSA) is 15.3 Å². The Morgan fingerprint density at radius 3 is 2.50 bits per heavy atom. The van der Waals surface area contributed by atoms with E-state index in [4.69, 9.17) is 0 Å². The molecule has 0 saturated carbocycles. The Morgan fingerprint density at radius 2 is 1.89 bits per heavy atom. The highest BCUT2D eigenvalue weighted by atomic mass is 19.1. The lowest BCUT2D eigenvalue weighted by Gasteiger charge is -2.37. The molecule has 0 spiro atoms. The minimum atomic E-state index is -0.115. The van der Waals surface area contributed by atoms with Crippen LogP contribution >= 0.6 is 0 Å². The number of piperidine rings is 1. The van der Waals surface area contributed by atoms with E-state index in [0.29, 0.717) is 11.6 Å². The van der Waals surface area contributed by atoms with Gasteiger partial charge in [-0.15, -0.1) is 0 Å². The van der Waals surface area contributed by atoms with Crippen LogP contribution in [0.25, 0.3) is 0 Å². The maximum absolute atomic E-state index is 13.5. The third-order valence-electron chi connectivity index (χ3n) is 4.64. The number of anilines is 1. The van der Waals surface area contributed by atoms with Gasteiger partial charge in [-0.1, -0.05) is 6.07 Å². The molecule has 1 aromatic carbocycles. The van der Waals surface area contributed by atoms with Gasteiger partial charge < -0.3 is 10.2 Å². The monoisotopic (exact) mass is 248 g/mol. The lowest BCUT2D eigenvalue weighted by Crippen LogP contribution is -2.44. The number of aryl methyl sites for hydroxylation is 1. The van der Waals surface area contributed by atoms with Gasteiger partial charge in [-0.3, -0.25) is 0 Å². The van der Waals surface area contributed by atoms with Crippen molar-refractivity contribution in [2.24, 2.45) is 0 Å². The molecule has 0 aliphatic carbocycles. The van der Waals surface area contributed by atoms with Crippen LogP contribution in [0.15, 0.2) is 18.2 Å². The first-order valence-electron chi connectivity index (χ1n) is 6.88. The second-order valence-electron chi connectivity index (χ2n) is 5.83. The van der Waals surface area contributed by atoms with Gasteiger partial charge in [-0.2, -0.15) is 0 Å². The van der Waals surface area contributed by atoms with E-state index in [2.05, 4.69) is 17.3 Å². The number of hydrogen-bond donors (Lipinski definition) is 1. The Labute approximate surface area is 108 Å². The van der Waals surface area contributed by atoms with Crippen molar-refractivity contribution < 1.29 is 4.39 Å². The van der Waals surface area contributed by atoms with Crippen LogP contribution in [0.1, 0.15) is 31.2 Å². The van der Waals surface area contributed by atoms with Crippen molar-refractivity contribution in [2.75, 3.05) is 12.4 Å². The minimum absolute atomic E-state index is 0.115. The number of fused-ring (bicyclic) bond motifs is 2. The average molecular weight is 248 g/mol. The summed E-state index contributed by atoms with van der Waals surface area (Å²) in [6.45, 7) is 1.80. The Morgan fingerprint density at radius 1 is 1.22 bits per heavy atom.